The molecule has 3 nitrogen and oxygen atoms in total. The number of methoxy groups -OCH3 is 1. The van der Waals surface area contributed by atoms with Crippen molar-refractivity contribution in [3.8, 4) is 5.75 Å². The SMILES string of the molecule is COC(=O)c1ccc(OCCSI)cc1C. The Balaban J connectivity index is 2.71. The lowest BCUT2D eigenvalue weighted by atomic mass is 10.1. The molecule has 0 heterocycles. The fourth-order valence-electron chi connectivity index (χ4n) is 1.26. The molecule has 16 heavy (non-hydrogen) atoms. The van der Waals surface area contributed by atoms with Crippen LogP contribution in [0.15, 0.2) is 18.2 Å². The number of carbonyl (C=O) groups is 1. The number of hydrogen-bond acceptors (Lipinski definition) is 4. The van der Waals surface area contributed by atoms with E-state index in [0.29, 0.717) is 12.2 Å². The Morgan fingerprint density at radius 3 is 2.81 bits per heavy atom. The first kappa shape index (κ1) is 13.6. The van der Waals surface area contributed by atoms with Crippen LogP contribution in [0, 0.1) is 6.92 Å². The third-order valence-corrected chi connectivity index (χ3v) is 3.67. The highest BCUT2D eigenvalue weighted by Gasteiger charge is 2.09. The number of esters is 1. The van der Waals surface area contributed by atoms with Gasteiger partial charge in [0.05, 0.1) is 19.3 Å². The molecule has 1 rings (SSSR count). The van der Waals surface area contributed by atoms with E-state index in [9.17, 15) is 4.79 Å². The summed E-state index contributed by atoms with van der Waals surface area (Å²) in [4.78, 5) is 11.3. The van der Waals surface area contributed by atoms with Gasteiger partial charge in [-0.25, -0.2) is 4.79 Å². The summed E-state index contributed by atoms with van der Waals surface area (Å²) in [6, 6.07) is 5.37. The second kappa shape index (κ2) is 7.01. The number of carbonyl (C=O) groups excluding carboxylic acids is 1. The van der Waals surface area contributed by atoms with Crippen molar-refractivity contribution in [2.45, 2.75) is 6.92 Å². The Morgan fingerprint density at radius 2 is 2.25 bits per heavy atom. The van der Waals surface area contributed by atoms with Crippen molar-refractivity contribution in [2.24, 2.45) is 0 Å². The zero-order valence-corrected chi connectivity index (χ0v) is 12.1. The van der Waals surface area contributed by atoms with Crippen molar-refractivity contribution < 1.29 is 14.3 Å². The van der Waals surface area contributed by atoms with E-state index in [1.807, 2.05) is 13.0 Å². The predicted octanol–water partition coefficient (Wildman–Crippen LogP) is 3.24. The summed E-state index contributed by atoms with van der Waals surface area (Å²) in [7, 11) is 3.09. The maximum absolute atomic E-state index is 11.3. The molecule has 0 bridgehead atoms. The van der Waals surface area contributed by atoms with E-state index in [0.717, 1.165) is 17.1 Å². The Kier molecular flexibility index (Phi) is 5.97. The van der Waals surface area contributed by atoms with Gasteiger partial charge in [-0.1, -0.05) is 8.93 Å². The molecule has 0 saturated heterocycles. The van der Waals surface area contributed by atoms with E-state index < -0.39 is 0 Å². The fraction of sp³-hybridized carbons (Fsp3) is 0.364. The van der Waals surface area contributed by atoms with Crippen LogP contribution in [0.4, 0.5) is 0 Å². The van der Waals surface area contributed by atoms with Gasteiger partial charge in [0, 0.05) is 5.75 Å². The average molecular weight is 352 g/mol. The molecule has 0 spiro atoms. The molecule has 0 atom stereocenters. The fourth-order valence-corrected chi connectivity index (χ4v) is 1.94. The summed E-state index contributed by atoms with van der Waals surface area (Å²) in [5, 5.41) is 0. The summed E-state index contributed by atoms with van der Waals surface area (Å²) < 4.78 is 10.2. The normalized spacial score (nSPS) is 9.94. The summed E-state index contributed by atoms with van der Waals surface area (Å²) in [5.74, 6) is 1.42. The molecule has 0 amide bonds. The van der Waals surface area contributed by atoms with Gasteiger partial charge in [0.1, 0.15) is 5.75 Å². The molecule has 0 unspecified atom stereocenters. The van der Waals surface area contributed by atoms with Crippen molar-refractivity contribution in [2.75, 3.05) is 19.5 Å². The Hall–Kier alpha value is -0.430. The van der Waals surface area contributed by atoms with Crippen LogP contribution in [0.2, 0.25) is 0 Å². The van der Waals surface area contributed by atoms with Crippen LogP contribution < -0.4 is 4.74 Å². The largest absolute Gasteiger partial charge is 0.493 e. The molecule has 0 fully saturated rings. The maximum Gasteiger partial charge on any atom is 0.338 e. The molecular formula is C11H13IO3S. The van der Waals surface area contributed by atoms with Crippen LogP contribution in [-0.2, 0) is 4.74 Å². The number of benzene rings is 1. The zero-order valence-electron chi connectivity index (χ0n) is 9.16. The third kappa shape index (κ3) is 3.86. The van der Waals surface area contributed by atoms with Gasteiger partial charge in [0.2, 0.25) is 0 Å². The summed E-state index contributed by atoms with van der Waals surface area (Å²) in [6.07, 6.45) is 0. The first-order chi connectivity index (χ1) is 7.69. The predicted molar refractivity (Wildman–Crippen MR) is 74.5 cm³/mol. The molecule has 5 heteroatoms. The summed E-state index contributed by atoms with van der Waals surface area (Å²) >= 11 is 2.23. The van der Waals surface area contributed by atoms with E-state index >= 15 is 0 Å². The first-order valence-corrected chi connectivity index (χ1v) is 8.27. The summed E-state index contributed by atoms with van der Waals surface area (Å²) in [6.45, 7) is 2.54. The third-order valence-electron chi connectivity index (χ3n) is 2.03. The van der Waals surface area contributed by atoms with Gasteiger partial charge >= 0.3 is 5.97 Å². The highest BCUT2D eigenvalue weighted by molar-refractivity contribution is 14.2. The Morgan fingerprint density at radius 1 is 1.50 bits per heavy atom. The minimum atomic E-state index is -0.313. The summed E-state index contributed by atoms with van der Waals surface area (Å²) in [5.41, 5.74) is 1.45. The van der Waals surface area contributed by atoms with Crippen molar-refractivity contribution in [1.82, 2.24) is 0 Å². The number of hydrogen-bond donors (Lipinski definition) is 0. The lowest BCUT2D eigenvalue weighted by Gasteiger charge is -2.08. The van der Waals surface area contributed by atoms with Crippen molar-refractivity contribution in [3.63, 3.8) is 0 Å². The standard InChI is InChI=1S/C11H13IO3S/c1-8-7-9(15-5-6-16-12)3-4-10(8)11(13)14-2/h3-4,7H,5-6H2,1-2H3. The quantitative estimate of drug-likeness (QED) is 0.463. The average Bonchev–Trinajstić information content (AvgIpc) is 2.29. The van der Waals surface area contributed by atoms with Crippen molar-refractivity contribution in [3.05, 3.63) is 29.3 Å². The van der Waals surface area contributed by atoms with Crippen LogP contribution in [0.3, 0.4) is 0 Å². The van der Waals surface area contributed by atoms with Crippen LogP contribution in [0.25, 0.3) is 0 Å². The van der Waals surface area contributed by atoms with Crippen molar-refractivity contribution in [1.29, 1.82) is 0 Å². The molecule has 0 aliphatic rings. The number of ether oxygens (including phenoxy) is 2. The molecule has 0 N–H and O–H groups in total. The van der Waals surface area contributed by atoms with Gasteiger partial charge in [0.15, 0.2) is 0 Å². The Bertz CT molecular complexity index is 368. The van der Waals surface area contributed by atoms with Gasteiger partial charge in [-0.05, 0) is 51.9 Å². The van der Waals surface area contributed by atoms with E-state index in [-0.39, 0.29) is 5.97 Å². The van der Waals surface area contributed by atoms with Gasteiger partial charge in [0.25, 0.3) is 0 Å². The van der Waals surface area contributed by atoms with Crippen molar-refractivity contribution >= 4 is 36.1 Å². The minimum Gasteiger partial charge on any atom is -0.493 e. The number of aryl methyl sites for hydroxylation is 1. The van der Waals surface area contributed by atoms with E-state index in [1.165, 1.54) is 7.11 Å². The smallest absolute Gasteiger partial charge is 0.338 e. The van der Waals surface area contributed by atoms with E-state index in [2.05, 4.69) is 25.9 Å². The molecular weight excluding hydrogens is 339 g/mol. The second-order valence-corrected chi connectivity index (χ2v) is 5.62. The van der Waals surface area contributed by atoms with E-state index in [1.54, 1.807) is 21.1 Å². The van der Waals surface area contributed by atoms with Gasteiger partial charge in [-0.2, -0.15) is 0 Å². The number of rotatable bonds is 5. The second-order valence-electron chi connectivity index (χ2n) is 3.13. The first-order valence-electron chi connectivity index (χ1n) is 4.74. The molecule has 88 valence electrons. The molecule has 0 saturated carbocycles. The highest BCUT2D eigenvalue weighted by Crippen LogP contribution is 2.18. The lowest BCUT2D eigenvalue weighted by molar-refractivity contribution is 0.0600. The Labute approximate surface area is 111 Å². The molecule has 0 aliphatic carbocycles. The van der Waals surface area contributed by atoms with Gasteiger partial charge < -0.3 is 9.47 Å². The monoisotopic (exact) mass is 352 g/mol. The molecule has 0 aliphatic heterocycles. The minimum absolute atomic E-state index is 0.313. The molecule has 1 aromatic rings. The molecule has 0 aromatic heterocycles. The van der Waals surface area contributed by atoms with Crippen LogP contribution in [0.1, 0.15) is 15.9 Å². The lowest BCUT2D eigenvalue weighted by Crippen LogP contribution is -2.05. The number of halogens is 1. The van der Waals surface area contributed by atoms with Gasteiger partial charge in [-0.15, -0.1) is 0 Å². The van der Waals surface area contributed by atoms with Gasteiger partial charge in [-0.3, -0.25) is 0 Å². The molecule has 0 radical (unpaired) electrons. The van der Waals surface area contributed by atoms with Crippen LogP contribution in [-0.4, -0.2) is 25.4 Å². The maximum atomic E-state index is 11.3. The van der Waals surface area contributed by atoms with Crippen LogP contribution in [0.5, 0.6) is 5.75 Å². The molecule has 1 aromatic carbocycles. The van der Waals surface area contributed by atoms with Crippen LogP contribution >= 0.6 is 30.1 Å². The zero-order chi connectivity index (χ0) is 12.0. The topological polar surface area (TPSA) is 35.5 Å². The van der Waals surface area contributed by atoms with E-state index in [4.69, 9.17) is 4.74 Å². The highest BCUT2D eigenvalue weighted by atomic mass is 127.